The van der Waals surface area contributed by atoms with Crippen LogP contribution in [0.5, 0.6) is 0 Å². The highest BCUT2D eigenvalue weighted by molar-refractivity contribution is 7.15. The summed E-state index contributed by atoms with van der Waals surface area (Å²) in [4.78, 5) is 17.4. The lowest BCUT2D eigenvalue weighted by atomic mass is 10.1. The van der Waals surface area contributed by atoms with Gasteiger partial charge in [-0.15, -0.1) is 11.3 Å². The molecule has 1 aromatic carbocycles. The normalized spacial score (nSPS) is 10.9. The summed E-state index contributed by atoms with van der Waals surface area (Å²) in [6.45, 7) is 4.04. The fourth-order valence-electron chi connectivity index (χ4n) is 2.22. The van der Waals surface area contributed by atoms with E-state index in [9.17, 15) is 9.90 Å². The number of carbonyl (C=O) groups is 1. The molecule has 0 radical (unpaired) electrons. The number of aryl methyl sites for hydroxylation is 2. The molecule has 0 unspecified atom stereocenters. The molecule has 0 atom stereocenters. The number of carbonyl (C=O) groups excluding carboxylic acids is 1. The van der Waals surface area contributed by atoms with Crippen LogP contribution in [-0.4, -0.2) is 11.0 Å². The third-order valence-corrected chi connectivity index (χ3v) is 4.88. The van der Waals surface area contributed by atoms with Crippen LogP contribution >= 0.6 is 22.9 Å². The van der Waals surface area contributed by atoms with Gasteiger partial charge in [-0.2, -0.15) is 0 Å². The van der Waals surface area contributed by atoms with Crippen molar-refractivity contribution in [1.29, 1.82) is 0 Å². The summed E-state index contributed by atoms with van der Waals surface area (Å²) in [5, 5.41) is 11.6. The lowest BCUT2D eigenvalue weighted by molar-refractivity contribution is -0.304. The summed E-state index contributed by atoms with van der Waals surface area (Å²) < 4.78 is 5.86. The minimum absolute atomic E-state index is 0.301. The fourth-order valence-corrected chi connectivity index (χ4v) is 3.31. The number of carboxylic acids is 1. The van der Waals surface area contributed by atoms with Crippen LogP contribution in [0.3, 0.4) is 0 Å². The van der Waals surface area contributed by atoms with E-state index in [0.29, 0.717) is 22.4 Å². The van der Waals surface area contributed by atoms with Gasteiger partial charge in [0.15, 0.2) is 5.76 Å². The molecule has 0 N–H and O–H groups in total. The summed E-state index contributed by atoms with van der Waals surface area (Å²) in [5.41, 5.74) is 2.23. The molecule has 4 nitrogen and oxygen atoms in total. The van der Waals surface area contributed by atoms with Crippen molar-refractivity contribution in [2.24, 2.45) is 0 Å². The SMILES string of the molecule is Cc1cc(-c2nc(CC(=O)[O-])c(-c3ccc(Cl)cc3)o2)sc1C. The van der Waals surface area contributed by atoms with Crippen molar-refractivity contribution in [2.45, 2.75) is 20.3 Å². The van der Waals surface area contributed by atoms with Gasteiger partial charge in [-0.1, -0.05) is 11.6 Å². The van der Waals surface area contributed by atoms with Gasteiger partial charge in [0.2, 0.25) is 5.89 Å². The molecule has 0 spiro atoms. The number of aliphatic carboxylic acids is 1. The van der Waals surface area contributed by atoms with Crippen LogP contribution in [0, 0.1) is 13.8 Å². The summed E-state index contributed by atoms with van der Waals surface area (Å²) in [5.74, 6) is -0.337. The lowest BCUT2D eigenvalue weighted by Gasteiger charge is -2.02. The highest BCUT2D eigenvalue weighted by Gasteiger charge is 2.18. The van der Waals surface area contributed by atoms with Crippen LogP contribution in [0.1, 0.15) is 16.1 Å². The van der Waals surface area contributed by atoms with Crippen LogP contribution in [0.4, 0.5) is 0 Å². The molecular weight excluding hydrogens is 334 g/mol. The second-order valence-corrected chi connectivity index (χ2v) is 6.89. The van der Waals surface area contributed by atoms with Gasteiger partial charge in [-0.05, 0) is 49.7 Å². The van der Waals surface area contributed by atoms with Crippen molar-refractivity contribution in [3.63, 3.8) is 0 Å². The zero-order valence-electron chi connectivity index (χ0n) is 12.6. The molecule has 2 heterocycles. The lowest BCUT2D eigenvalue weighted by Crippen LogP contribution is -2.24. The van der Waals surface area contributed by atoms with Crippen molar-refractivity contribution in [3.05, 3.63) is 51.5 Å². The van der Waals surface area contributed by atoms with E-state index in [1.165, 1.54) is 4.88 Å². The van der Waals surface area contributed by atoms with E-state index in [2.05, 4.69) is 4.98 Å². The molecule has 0 fully saturated rings. The smallest absolute Gasteiger partial charge is 0.237 e. The largest absolute Gasteiger partial charge is 0.550 e. The average Bonchev–Trinajstić information content (AvgIpc) is 3.04. The van der Waals surface area contributed by atoms with Crippen LogP contribution < -0.4 is 5.11 Å². The van der Waals surface area contributed by atoms with Crippen molar-refractivity contribution in [3.8, 4) is 22.1 Å². The molecule has 0 saturated carbocycles. The number of nitrogens with zero attached hydrogens (tertiary/aromatic N) is 1. The molecule has 0 amide bonds. The van der Waals surface area contributed by atoms with Crippen molar-refractivity contribution < 1.29 is 14.3 Å². The van der Waals surface area contributed by atoms with E-state index in [0.717, 1.165) is 16.0 Å². The van der Waals surface area contributed by atoms with E-state index in [1.807, 2.05) is 19.9 Å². The topological polar surface area (TPSA) is 66.2 Å². The van der Waals surface area contributed by atoms with Crippen molar-refractivity contribution in [1.82, 2.24) is 4.98 Å². The van der Waals surface area contributed by atoms with E-state index < -0.39 is 5.97 Å². The number of aromatic nitrogens is 1. The maximum absolute atomic E-state index is 11.0. The Morgan fingerprint density at radius 1 is 1.30 bits per heavy atom. The first-order valence-corrected chi connectivity index (χ1v) is 8.16. The molecular formula is C17H13ClNO3S-. The minimum Gasteiger partial charge on any atom is -0.550 e. The van der Waals surface area contributed by atoms with Gasteiger partial charge in [0.25, 0.3) is 0 Å². The number of carboxylic acid groups (broad SMARTS) is 1. The number of oxazole rings is 1. The Morgan fingerprint density at radius 3 is 2.57 bits per heavy atom. The first-order chi connectivity index (χ1) is 10.9. The number of hydrogen-bond donors (Lipinski definition) is 0. The molecule has 0 aliphatic heterocycles. The second-order valence-electron chi connectivity index (χ2n) is 5.20. The summed E-state index contributed by atoms with van der Waals surface area (Å²) in [6, 6.07) is 8.98. The van der Waals surface area contributed by atoms with Gasteiger partial charge in [-0.3, -0.25) is 0 Å². The zero-order chi connectivity index (χ0) is 16.6. The van der Waals surface area contributed by atoms with Crippen molar-refractivity contribution in [2.75, 3.05) is 0 Å². The molecule has 2 aromatic heterocycles. The highest BCUT2D eigenvalue weighted by Crippen LogP contribution is 2.35. The van der Waals surface area contributed by atoms with Crippen LogP contribution in [0.15, 0.2) is 34.7 Å². The van der Waals surface area contributed by atoms with E-state index in [-0.39, 0.29) is 6.42 Å². The van der Waals surface area contributed by atoms with Gasteiger partial charge in [0.1, 0.15) is 0 Å². The first-order valence-electron chi connectivity index (χ1n) is 6.97. The fraction of sp³-hybridized carbons (Fsp3) is 0.176. The van der Waals surface area contributed by atoms with Crippen LogP contribution in [0.2, 0.25) is 5.02 Å². The van der Waals surface area contributed by atoms with E-state index in [4.69, 9.17) is 16.0 Å². The van der Waals surface area contributed by atoms with Gasteiger partial charge in [0.05, 0.1) is 10.6 Å². The molecule has 0 aliphatic rings. The highest BCUT2D eigenvalue weighted by atomic mass is 35.5. The molecule has 0 saturated heterocycles. The van der Waals surface area contributed by atoms with Crippen LogP contribution in [-0.2, 0) is 11.2 Å². The number of rotatable bonds is 4. The molecule has 0 aliphatic carbocycles. The predicted octanol–water partition coefficient (Wildman–Crippen LogP) is 3.63. The number of thiophene rings is 1. The number of hydrogen-bond acceptors (Lipinski definition) is 5. The van der Waals surface area contributed by atoms with Gasteiger partial charge >= 0.3 is 0 Å². The van der Waals surface area contributed by atoms with Gasteiger partial charge in [-0.25, -0.2) is 4.98 Å². The Labute approximate surface area is 142 Å². The molecule has 23 heavy (non-hydrogen) atoms. The molecule has 3 aromatic rings. The Morgan fingerprint density at radius 2 is 2.00 bits per heavy atom. The zero-order valence-corrected chi connectivity index (χ0v) is 14.1. The summed E-state index contributed by atoms with van der Waals surface area (Å²) >= 11 is 7.46. The number of benzene rings is 1. The van der Waals surface area contributed by atoms with E-state index in [1.54, 1.807) is 35.6 Å². The third kappa shape index (κ3) is 3.30. The number of halogens is 1. The Kier molecular flexibility index (Phi) is 4.24. The maximum atomic E-state index is 11.0. The first kappa shape index (κ1) is 15.8. The molecule has 3 rings (SSSR count). The quantitative estimate of drug-likeness (QED) is 0.723. The third-order valence-electron chi connectivity index (χ3n) is 3.49. The van der Waals surface area contributed by atoms with Gasteiger partial charge < -0.3 is 14.3 Å². The summed E-state index contributed by atoms with van der Waals surface area (Å²) in [7, 11) is 0. The molecule has 118 valence electrons. The molecule has 0 bridgehead atoms. The predicted molar refractivity (Wildman–Crippen MR) is 88.4 cm³/mol. The monoisotopic (exact) mass is 346 g/mol. The molecule has 6 heteroatoms. The van der Waals surface area contributed by atoms with Gasteiger partial charge in [0, 0.05) is 27.9 Å². The van der Waals surface area contributed by atoms with E-state index >= 15 is 0 Å². The minimum atomic E-state index is -1.20. The Bertz CT molecular complexity index is 845. The average molecular weight is 347 g/mol. The summed E-state index contributed by atoms with van der Waals surface area (Å²) in [6.07, 6.45) is -0.301. The maximum Gasteiger partial charge on any atom is 0.237 e. The van der Waals surface area contributed by atoms with Crippen molar-refractivity contribution >= 4 is 28.9 Å². The van der Waals surface area contributed by atoms with Crippen LogP contribution in [0.25, 0.3) is 22.1 Å². The Balaban J connectivity index is 2.09. The standard InChI is InChI=1S/C17H14ClNO3S/c1-9-7-14(23-10(9)2)17-19-13(8-15(20)21)16(22-17)11-3-5-12(18)6-4-11/h3-7H,8H2,1-2H3,(H,20,21)/p-1. The second kappa shape index (κ2) is 6.18. The Hall–Kier alpha value is -2.11.